The molecule has 0 bridgehead atoms. The fourth-order valence-corrected chi connectivity index (χ4v) is 4.72. The molecule has 9 nitrogen and oxygen atoms in total. The van der Waals surface area contributed by atoms with Crippen LogP contribution in [0.25, 0.3) is 0 Å². The highest BCUT2D eigenvalue weighted by molar-refractivity contribution is 5.93. The second-order valence-electron chi connectivity index (χ2n) is 9.54. The summed E-state index contributed by atoms with van der Waals surface area (Å²) in [5.41, 5.74) is 0.728. The molecule has 40 heavy (non-hydrogen) atoms. The number of ether oxygens (including phenoxy) is 4. The second-order valence-corrected chi connectivity index (χ2v) is 9.54. The zero-order valence-corrected chi connectivity index (χ0v) is 22.8. The number of carbonyl (C=O) groups excluding carboxylic acids is 2. The van der Waals surface area contributed by atoms with Crippen LogP contribution in [0.3, 0.4) is 0 Å². The van der Waals surface area contributed by atoms with Gasteiger partial charge in [0.05, 0.1) is 46.3 Å². The number of halogens is 1. The first-order valence-corrected chi connectivity index (χ1v) is 12.6. The van der Waals surface area contributed by atoms with Crippen LogP contribution in [0.5, 0.6) is 23.0 Å². The van der Waals surface area contributed by atoms with E-state index in [1.54, 1.807) is 44.6 Å². The molecule has 1 saturated carbocycles. The maximum absolute atomic E-state index is 14.0. The molecule has 0 aliphatic heterocycles. The smallest absolute Gasteiger partial charge is 0.312 e. The molecule has 10 heteroatoms. The summed E-state index contributed by atoms with van der Waals surface area (Å²) in [4.78, 5) is 32.9. The summed E-state index contributed by atoms with van der Waals surface area (Å²) >= 11 is 0. The van der Waals surface area contributed by atoms with Crippen LogP contribution < -0.4 is 14.2 Å². The lowest BCUT2D eigenvalue weighted by Crippen LogP contribution is -2.36. The van der Waals surface area contributed by atoms with Crippen molar-refractivity contribution in [1.29, 1.82) is 0 Å². The van der Waals surface area contributed by atoms with Crippen LogP contribution in [0.4, 0.5) is 4.39 Å². The third kappa shape index (κ3) is 6.12. The zero-order valence-electron chi connectivity index (χ0n) is 22.8. The Balaban J connectivity index is 1.61. The van der Waals surface area contributed by atoms with Crippen LogP contribution in [-0.2, 0) is 38.7 Å². The predicted molar refractivity (Wildman–Crippen MR) is 142 cm³/mol. The quantitative estimate of drug-likeness (QED) is 0.259. The molecule has 0 radical (unpaired) electrons. The summed E-state index contributed by atoms with van der Waals surface area (Å²) in [5.74, 6) is -1.29. The SMILES string of the molecule is COC(=O)C1(Cc2ccc(O)c(F)c2)CC1C(=O)N(Cc1ccc(OC)cc1OC)OCc1ccc(OC)cc1. The van der Waals surface area contributed by atoms with Gasteiger partial charge in [0.2, 0.25) is 0 Å². The molecular formula is C30H32FNO8. The number of phenols is 1. The van der Waals surface area contributed by atoms with Crippen molar-refractivity contribution in [3.8, 4) is 23.0 Å². The topological polar surface area (TPSA) is 104 Å². The summed E-state index contributed by atoms with van der Waals surface area (Å²) in [6.45, 7) is 0.110. The number of amides is 1. The first-order chi connectivity index (χ1) is 19.2. The van der Waals surface area contributed by atoms with Gasteiger partial charge in [-0.2, -0.15) is 0 Å². The van der Waals surface area contributed by atoms with Gasteiger partial charge in [-0.25, -0.2) is 9.45 Å². The molecule has 1 N–H and O–H groups in total. The van der Waals surface area contributed by atoms with Gasteiger partial charge in [-0.15, -0.1) is 0 Å². The number of hydrogen-bond acceptors (Lipinski definition) is 8. The standard InChI is InChI=1S/C30H32FNO8/c1-36-22-9-5-19(6-10-22)18-40-32(17-21-8-11-23(37-2)14-27(21)38-3)28(34)24-16-30(24,29(35)39-4)15-20-7-12-26(33)25(31)13-20/h5-14,24,33H,15-18H2,1-4H3. The van der Waals surface area contributed by atoms with Gasteiger partial charge < -0.3 is 24.1 Å². The van der Waals surface area contributed by atoms with Gasteiger partial charge in [0, 0.05) is 11.6 Å². The number of benzene rings is 3. The van der Waals surface area contributed by atoms with E-state index in [9.17, 15) is 19.1 Å². The first kappa shape index (κ1) is 28.7. The van der Waals surface area contributed by atoms with E-state index < -0.39 is 34.8 Å². The summed E-state index contributed by atoms with van der Waals surface area (Å²) in [6, 6.07) is 16.3. The Morgan fingerprint density at radius 1 is 0.925 bits per heavy atom. The molecule has 0 saturated heterocycles. The third-order valence-electron chi connectivity index (χ3n) is 7.10. The first-order valence-electron chi connectivity index (χ1n) is 12.6. The van der Waals surface area contributed by atoms with E-state index in [4.69, 9.17) is 23.8 Å². The average Bonchev–Trinajstić information content (AvgIpc) is 3.71. The van der Waals surface area contributed by atoms with Gasteiger partial charge in [-0.1, -0.05) is 18.2 Å². The molecule has 3 aromatic carbocycles. The predicted octanol–water partition coefficient (Wildman–Crippen LogP) is 4.44. The second kappa shape index (κ2) is 12.3. The number of phenolic OH excluding ortho intramolecular Hbond substituents is 1. The molecule has 212 valence electrons. The van der Waals surface area contributed by atoms with Crippen LogP contribution in [-0.4, -0.2) is 50.5 Å². The molecule has 1 amide bonds. The van der Waals surface area contributed by atoms with Crippen molar-refractivity contribution in [3.63, 3.8) is 0 Å². The highest BCUT2D eigenvalue weighted by Crippen LogP contribution is 2.57. The third-order valence-corrected chi connectivity index (χ3v) is 7.10. The molecule has 4 rings (SSSR count). The van der Waals surface area contributed by atoms with E-state index in [0.717, 1.165) is 11.6 Å². The van der Waals surface area contributed by atoms with Crippen molar-refractivity contribution in [2.75, 3.05) is 28.4 Å². The van der Waals surface area contributed by atoms with E-state index in [2.05, 4.69) is 0 Å². The zero-order chi connectivity index (χ0) is 28.9. The van der Waals surface area contributed by atoms with Crippen LogP contribution in [0.1, 0.15) is 23.1 Å². The van der Waals surface area contributed by atoms with Crippen molar-refractivity contribution in [1.82, 2.24) is 5.06 Å². The summed E-state index contributed by atoms with van der Waals surface area (Å²) in [5, 5.41) is 10.8. The van der Waals surface area contributed by atoms with Gasteiger partial charge in [-0.3, -0.25) is 14.4 Å². The number of carbonyl (C=O) groups is 2. The highest BCUT2D eigenvalue weighted by atomic mass is 19.1. The van der Waals surface area contributed by atoms with Gasteiger partial charge in [-0.05, 0) is 60.4 Å². The highest BCUT2D eigenvalue weighted by Gasteiger charge is 2.65. The summed E-state index contributed by atoms with van der Waals surface area (Å²) < 4.78 is 35.1. The number of hydrogen-bond donors (Lipinski definition) is 1. The Hall–Kier alpha value is -4.31. The average molecular weight is 554 g/mol. The van der Waals surface area contributed by atoms with Crippen LogP contribution in [0.15, 0.2) is 60.7 Å². The van der Waals surface area contributed by atoms with Gasteiger partial charge >= 0.3 is 5.97 Å². The van der Waals surface area contributed by atoms with Crippen molar-refractivity contribution < 1.29 is 42.9 Å². The molecule has 2 unspecified atom stereocenters. The van der Waals surface area contributed by atoms with E-state index in [-0.39, 0.29) is 26.0 Å². The van der Waals surface area contributed by atoms with E-state index >= 15 is 0 Å². The maximum atomic E-state index is 14.0. The van der Waals surface area contributed by atoms with E-state index in [1.165, 1.54) is 31.4 Å². The van der Waals surface area contributed by atoms with Gasteiger partial charge in [0.15, 0.2) is 11.6 Å². The summed E-state index contributed by atoms with van der Waals surface area (Å²) in [7, 11) is 5.88. The Bertz CT molecular complexity index is 1360. The Kier molecular flexibility index (Phi) is 8.79. The normalized spacial score (nSPS) is 17.6. The van der Waals surface area contributed by atoms with Crippen molar-refractivity contribution >= 4 is 11.9 Å². The number of rotatable bonds is 12. The van der Waals surface area contributed by atoms with Crippen LogP contribution in [0.2, 0.25) is 0 Å². The maximum Gasteiger partial charge on any atom is 0.312 e. The van der Waals surface area contributed by atoms with Crippen molar-refractivity contribution in [2.45, 2.75) is 26.0 Å². The molecule has 0 spiro atoms. The Morgan fingerprint density at radius 2 is 1.60 bits per heavy atom. The van der Waals surface area contributed by atoms with Crippen molar-refractivity contribution in [3.05, 3.63) is 83.2 Å². The molecule has 3 aromatic rings. The molecule has 2 atom stereocenters. The molecule has 1 aliphatic rings. The lowest BCUT2D eigenvalue weighted by Gasteiger charge is -2.25. The molecular weight excluding hydrogens is 521 g/mol. The lowest BCUT2D eigenvalue weighted by atomic mass is 9.93. The minimum Gasteiger partial charge on any atom is -0.505 e. The number of aromatic hydroxyl groups is 1. The van der Waals surface area contributed by atoms with Crippen LogP contribution >= 0.6 is 0 Å². The largest absolute Gasteiger partial charge is 0.505 e. The van der Waals surface area contributed by atoms with Crippen molar-refractivity contribution in [2.24, 2.45) is 11.3 Å². The van der Waals surface area contributed by atoms with Gasteiger partial charge in [0.25, 0.3) is 5.91 Å². The Morgan fingerprint density at radius 3 is 2.23 bits per heavy atom. The number of hydroxylamine groups is 2. The molecule has 1 fully saturated rings. The van der Waals surface area contributed by atoms with E-state index in [1.807, 2.05) is 12.1 Å². The lowest BCUT2D eigenvalue weighted by molar-refractivity contribution is -0.198. The number of nitrogens with zero attached hydrogens (tertiary/aromatic N) is 1. The van der Waals surface area contributed by atoms with Crippen LogP contribution in [0, 0.1) is 17.2 Å². The fourth-order valence-electron chi connectivity index (χ4n) is 4.72. The summed E-state index contributed by atoms with van der Waals surface area (Å²) in [6.07, 6.45) is 0.259. The minimum absolute atomic E-state index is 0.0315. The molecule has 1 aliphatic carbocycles. The number of methoxy groups -OCH3 is 4. The molecule has 0 aromatic heterocycles. The van der Waals surface area contributed by atoms with E-state index in [0.29, 0.717) is 28.4 Å². The number of esters is 1. The monoisotopic (exact) mass is 553 g/mol. The molecule has 0 heterocycles. The minimum atomic E-state index is -1.19. The Labute approximate surface area is 231 Å². The fraction of sp³-hybridized carbons (Fsp3) is 0.333. The van der Waals surface area contributed by atoms with Gasteiger partial charge in [0.1, 0.15) is 23.9 Å².